The highest BCUT2D eigenvalue weighted by molar-refractivity contribution is 6.08. The maximum absolute atomic E-state index is 13.3. The number of rotatable bonds is 6. The molecule has 0 spiro atoms. The first-order valence-electron chi connectivity index (χ1n) is 8.19. The number of amides is 2. The highest BCUT2D eigenvalue weighted by atomic mass is 19.1. The van der Waals surface area contributed by atoms with Crippen molar-refractivity contribution in [2.45, 2.75) is 0 Å². The molecular formula is C20H17FN4O2. The molecule has 3 rings (SSSR count). The third-order valence-corrected chi connectivity index (χ3v) is 3.72. The third-order valence-electron chi connectivity index (χ3n) is 3.72. The van der Waals surface area contributed by atoms with Gasteiger partial charge >= 0.3 is 0 Å². The molecule has 2 aromatic carbocycles. The molecule has 0 aliphatic rings. The van der Waals surface area contributed by atoms with Crippen LogP contribution in [-0.4, -0.2) is 28.1 Å². The molecule has 3 aromatic rings. The van der Waals surface area contributed by atoms with Gasteiger partial charge in [-0.15, -0.1) is 6.58 Å². The molecule has 1 aromatic heterocycles. The molecular weight excluding hydrogens is 347 g/mol. The summed E-state index contributed by atoms with van der Waals surface area (Å²) in [6, 6.07) is 14.1. The van der Waals surface area contributed by atoms with Crippen molar-refractivity contribution in [1.82, 2.24) is 15.1 Å². The molecule has 7 heteroatoms. The average molecular weight is 364 g/mol. The van der Waals surface area contributed by atoms with Crippen LogP contribution in [0.4, 0.5) is 10.1 Å². The quantitative estimate of drug-likeness (QED) is 0.660. The molecule has 0 unspecified atom stereocenters. The fourth-order valence-electron chi connectivity index (χ4n) is 2.44. The summed E-state index contributed by atoms with van der Waals surface area (Å²) in [6.07, 6.45) is 3.13. The third kappa shape index (κ3) is 4.27. The maximum Gasteiger partial charge on any atom is 0.276 e. The van der Waals surface area contributed by atoms with Gasteiger partial charge in [-0.25, -0.2) is 9.07 Å². The summed E-state index contributed by atoms with van der Waals surface area (Å²) in [5.41, 5.74) is 1.33. The van der Waals surface area contributed by atoms with Crippen molar-refractivity contribution < 1.29 is 14.0 Å². The minimum atomic E-state index is -0.478. The van der Waals surface area contributed by atoms with E-state index in [1.807, 2.05) is 0 Å². The Morgan fingerprint density at radius 2 is 1.93 bits per heavy atom. The van der Waals surface area contributed by atoms with Gasteiger partial charge in [0.1, 0.15) is 5.82 Å². The topological polar surface area (TPSA) is 76.0 Å². The van der Waals surface area contributed by atoms with E-state index in [9.17, 15) is 14.0 Å². The Bertz CT molecular complexity index is 997. The van der Waals surface area contributed by atoms with Crippen LogP contribution in [0.15, 0.2) is 73.4 Å². The molecule has 0 saturated heterocycles. The smallest absolute Gasteiger partial charge is 0.276 e. The second-order valence-corrected chi connectivity index (χ2v) is 5.62. The van der Waals surface area contributed by atoms with Gasteiger partial charge in [0.2, 0.25) is 0 Å². The van der Waals surface area contributed by atoms with Crippen molar-refractivity contribution >= 4 is 17.5 Å². The molecule has 2 N–H and O–H groups in total. The largest absolute Gasteiger partial charge is 0.349 e. The highest BCUT2D eigenvalue weighted by Gasteiger charge is 2.15. The summed E-state index contributed by atoms with van der Waals surface area (Å²) in [6.45, 7) is 3.87. The van der Waals surface area contributed by atoms with E-state index in [-0.39, 0.29) is 11.6 Å². The van der Waals surface area contributed by atoms with E-state index in [2.05, 4.69) is 22.3 Å². The van der Waals surface area contributed by atoms with Crippen LogP contribution >= 0.6 is 0 Å². The summed E-state index contributed by atoms with van der Waals surface area (Å²) in [7, 11) is 0. The van der Waals surface area contributed by atoms with Crippen LogP contribution in [0.5, 0.6) is 0 Å². The Balaban J connectivity index is 1.79. The van der Waals surface area contributed by atoms with Gasteiger partial charge in [0.25, 0.3) is 11.8 Å². The number of hydrogen-bond acceptors (Lipinski definition) is 3. The highest BCUT2D eigenvalue weighted by Crippen LogP contribution is 2.16. The van der Waals surface area contributed by atoms with E-state index in [0.717, 1.165) is 0 Å². The van der Waals surface area contributed by atoms with E-state index >= 15 is 0 Å². The Hall–Kier alpha value is -3.74. The van der Waals surface area contributed by atoms with Crippen LogP contribution in [0.1, 0.15) is 20.8 Å². The summed E-state index contributed by atoms with van der Waals surface area (Å²) < 4.78 is 14.8. The zero-order valence-corrected chi connectivity index (χ0v) is 14.4. The van der Waals surface area contributed by atoms with Crippen molar-refractivity contribution in [3.05, 3.63) is 90.5 Å². The molecule has 6 nitrogen and oxygen atoms in total. The van der Waals surface area contributed by atoms with Gasteiger partial charge in [-0.1, -0.05) is 24.3 Å². The lowest BCUT2D eigenvalue weighted by molar-refractivity contribution is 0.0959. The molecule has 0 radical (unpaired) electrons. The number of carbonyl (C=O) groups excluding carboxylic acids is 2. The number of benzene rings is 2. The normalized spacial score (nSPS) is 10.3. The predicted octanol–water partition coefficient (Wildman–Crippen LogP) is 3.18. The Kier molecular flexibility index (Phi) is 5.41. The lowest BCUT2D eigenvalue weighted by atomic mass is 10.1. The van der Waals surface area contributed by atoms with Gasteiger partial charge < -0.3 is 10.6 Å². The van der Waals surface area contributed by atoms with Crippen molar-refractivity contribution in [2.75, 3.05) is 11.9 Å². The first kappa shape index (κ1) is 18.1. The second kappa shape index (κ2) is 8.09. The summed E-state index contributed by atoms with van der Waals surface area (Å²) in [5, 5.41) is 9.52. The summed E-state index contributed by atoms with van der Waals surface area (Å²) in [4.78, 5) is 24.7. The van der Waals surface area contributed by atoms with E-state index in [1.165, 1.54) is 22.9 Å². The van der Waals surface area contributed by atoms with Crippen LogP contribution < -0.4 is 10.6 Å². The molecule has 0 aliphatic carbocycles. The molecule has 27 heavy (non-hydrogen) atoms. The molecule has 0 aliphatic heterocycles. The van der Waals surface area contributed by atoms with E-state index in [0.29, 0.717) is 23.5 Å². The number of nitrogens with one attached hydrogen (secondary N) is 2. The molecule has 136 valence electrons. The van der Waals surface area contributed by atoms with Crippen molar-refractivity contribution in [3.63, 3.8) is 0 Å². The molecule has 0 saturated carbocycles. The molecule has 0 fully saturated rings. The summed E-state index contributed by atoms with van der Waals surface area (Å²) in [5.74, 6) is -1.20. The fraction of sp³-hybridized carbons (Fsp3) is 0.0500. The zero-order valence-electron chi connectivity index (χ0n) is 14.4. The maximum atomic E-state index is 13.3. The number of para-hydroxylation sites is 1. The lowest BCUT2D eigenvalue weighted by Crippen LogP contribution is -2.25. The molecule has 2 amide bonds. The Morgan fingerprint density at radius 3 is 2.70 bits per heavy atom. The van der Waals surface area contributed by atoms with Crippen LogP contribution in [0.3, 0.4) is 0 Å². The number of anilines is 1. The SMILES string of the molecule is C=CCNC(=O)c1ccccc1NC(=O)c1ccn(-c2cccc(F)c2)n1. The Labute approximate surface area is 155 Å². The minimum Gasteiger partial charge on any atom is -0.349 e. The zero-order chi connectivity index (χ0) is 19.2. The van der Waals surface area contributed by atoms with Crippen LogP contribution in [0.2, 0.25) is 0 Å². The number of hydrogen-bond donors (Lipinski definition) is 2. The number of nitrogens with zero attached hydrogens (tertiary/aromatic N) is 2. The first-order chi connectivity index (χ1) is 13.1. The fourth-order valence-corrected chi connectivity index (χ4v) is 2.44. The van der Waals surface area contributed by atoms with Gasteiger partial charge in [0, 0.05) is 12.7 Å². The number of aromatic nitrogens is 2. The summed E-state index contributed by atoms with van der Waals surface area (Å²) >= 11 is 0. The first-order valence-corrected chi connectivity index (χ1v) is 8.19. The van der Waals surface area contributed by atoms with Crippen LogP contribution in [0.25, 0.3) is 5.69 Å². The van der Waals surface area contributed by atoms with E-state index in [1.54, 1.807) is 48.7 Å². The average Bonchev–Trinajstić information content (AvgIpc) is 3.17. The van der Waals surface area contributed by atoms with Gasteiger partial charge in [-0.2, -0.15) is 5.10 Å². The van der Waals surface area contributed by atoms with Crippen molar-refractivity contribution in [1.29, 1.82) is 0 Å². The predicted molar refractivity (Wildman–Crippen MR) is 100 cm³/mol. The number of halogens is 1. The van der Waals surface area contributed by atoms with Gasteiger partial charge in [0.15, 0.2) is 5.69 Å². The van der Waals surface area contributed by atoms with Gasteiger partial charge in [-0.3, -0.25) is 9.59 Å². The standard InChI is InChI=1S/C20H17FN4O2/c1-2-11-22-19(26)16-8-3-4-9-17(16)23-20(27)18-10-12-25(24-18)15-7-5-6-14(21)13-15/h2-10,12-13H,1,11H2,(H,22,26)(H,23,27). The monoisotopic (exact) mass is 364 g/mol. The van der Waals surface area contributed by atoms with Crippen molar-refractivity contribution in [3.8, 4) is 5.69 Å². The van der Waals surface area contributed by atoms with E-state index in [4.69, 9.17) is 0 Å². The molecule has 0 bridgehead atoms. The van der Waals surface area contributed by atoms with Crippen LogP contribution in [-0.2, 0) is 0 Å². The molecule has 0 atom stereocenters. The van der Waals surface area contributed by atoms with Gasteiger partial charge in [-0.05, 0) is 36.4 Å². The number of carbonyl (C=O) groups is 2. The van der Waals surface area contributed by atoms with E-state index < -0.39 is 11.7 Å². The second-order valence-electron chi connectivity index (χ2n) is 5.62. The van der Waals surface area contributed by atoms with Gasteiger partial charge in [0.05, 0.1) is 16.9 Å². The molecule has 1 heterocycles. The Morgan fingerprint density at radius 1 is 1.11 bits per heavy atom. The van der Waals surface area contributed by atoms with Crippen molar-refractivity contribution in [2.24, 2.45) is 0 Å². The minimum absolute atomic E-state index is 0.139. The van der Waals surface area contributed by atoms with Crippen LogP contribution in [0, 0.1) is 5.82 Å². The lowest BCUT2D eigenvalue weighted by Gasteiger charge is -2.10.